The highest BCUT2D eigenvalue weighted by Crippen LogP contribution is 2.22. The number of carbonyl (C=O) groups excluding carboxylic acids is 1. The van der Waals surface area contributed by atoms with E-state index in [0.717, 1.165) is 37.9 Å². The van der Waals surface area contributed by atoms with Crippen molar-refractivity contribution in [2.24, 2.45) is 0 Å². The predicted molar refractivity (Wildman–Crippen MR) is 75.5 cm³/mol. The maximum atomic E-state index is 11.1. The summed E-state index contributed by atoms with van der Waals surface area (Å²) in [4.78, 5) is 11.1. The number of halogens is 1. The molecular formula is C15H21ClO2. The van der Waals surface area contributed by atoms with Crippen LogP contribution in [0.5, 0.6) is 5.75 Å². The van der Waals surface area contributed by atoms with E-state index in [1.54, 1.807) is 7.11 Å². The Morgan fingerprint density at radius 2 is 2.00 bits per heavy atom. The molecule has 0 aliphatic heterocycles. The normalized spacial score (nSPS) is 10.4. The van der Waals surface area contributed by atoms with Crippen molar-refractivity contribution in [1.29, 1.82) is 0 Å². The molecule has 0 aliphatic carbocycles. The summed E-state index contributed by atoms with van der Waals surface area (Å²) in [5, 5.41) is 0.713. The molecule has 100 valence electrons. The molecule has 3 heteroatoms. The smallest absolute Gasteiger partial charge is 0.132 e. The Bertz CT molecular complexity index is 388. The maximum Gasteiger partial charge on any atom is 0.132 e. The van der Waals surface area contributed by atoms with Crippen LogP contribution in [0.15, 0.2) is 18.2 Å². The summed E-state index contributed by atoms with van der Waals surface area (Å²) in [7, 11) is 1.64. The van der Waals surface area contributed by atoms with Crippen LogP contribution in [-0.4, -0.2) is 12.9 Å². The van der Waals surface area contributed by atoms with Crippen LogP contribution >= 0.6 is 11.6 Å². The van der Waals surface area contributed by atoms with Crippen molar-refractivity contribution in [3.63, 3.8) is 0 Å². The number of aryl methyl sites for hydroxylation is 1. The Balaban J connectivity index is 2.31. The minimum absolute atomic E-state index is 0.361. The first-order valence-corrected chi connectivity index (χ1v) is 6.88. The lowest BCUT2D eigenvalue weighted by molar-refractivity contribution is -0.118. The Morgan fingerprint density at radius 3 is 2.67 bits per heavy atom. The summed E-state index contributed by atoms with van der Waals surface area (Å²) in [5.41, 5.74) is 1.20. The molecule has 0 saturated heterocycles. The molecule has 0 N–H and O–H groups in total. The molecular weight excluding hydrogens is 248 g/mol. The van der Waals surface area contributed by atoms with Crippen LogP contribution in [0.1, 0.15) is 44.6 Å². The average Bonchev–Trinajstić information content (AvgIpc) is 2.37. The fraction of sp³-hybridized carbons (Fsp3) is 0.533. The average molecular weight is 269 g/mol. The number of methoxy groups -OCH3 is 1. The summed E-state index contributed by atoms with van der Waals surface area (Å²) < 4.78 is 5.18. The summed E-state index contributed by atoms with van der Waals surface area (Å²) in [5.74, 6) is 1.16. The summed E-state index contributed by atoms with van der Waals surface area (Å²) in [6.45, 7) is 1.92. The summed E-state index contributed by atoms with van der Waals surface area (Å²) in [6.07, 6.45) is 5.52. The topological polar surface area (TPSA) is 26.3 Å². The maximum absolute atomic E-state index is 11.1. The van der Waals surface area contributed by atoms with Gasteiger partial charge in [0.15, 0.2) is 0 Å². The molecule has 1 rings (SSSR count). The molecule has 0 unspecified atom stereocenters. The van der Waals surface area contributed by atoms with Gasteiger partial charge in [-0.05, 0) is 43.0 Å². The second kappa shape index (κ2) is 8.15. The lowest BCUT2D eigenvalue weighted by Crippen LogP contribution is -1.95. The SMILES string of the molecule is CCC(=O)CCCCCc1cc(Cl)cc(OC)c1. The van der Waals surface area contributed by atoms with E-state index in [4.69, 9.17) is 16.3 Å². The van der Waals surface area contributed by atoms with Crippen molar-refractivity contribution in [3.05, 3.63) is 28.8 Å². The van der Waals surface area contributed by atoms with Crippen molar-refractivity contribution in [1.82, 2.24) is 0 Å². The highest BCUT2D eigenvalue weighted by Gasteiger charge is 2.01. The zero-order valence-corrected chi connectivity index (χ0v) is 11.9. The van der Waals surface area contributed by atoms with Crippen molar-refractivity contribution in [2.45, 2.75) is 45.4 Å². The monoisotopic (exact) mass is 268 g/mol. The van der Waals surface area contributed by atoms with Crippen LogP contribution in [0.4, 0.5) is 0 Å². The zero-order valence-electron chi connectivity index (χ0n) is 11.2. The molecule has 0 fully saturated rings. The lowest BCUT2D eigenvalue weighted by atomic mass is 10.0. The molecule has 18 heavy (non-hydrogen) atoms. The van der Waals surface area contributed by atoms with E-state index in [0.29, 0.717) is 17.2 Å². The Morgan fingerprint density at radius 1 is 1.22 bits per heavy atom. The largest absolute Gasteiger partial charge is 0.497 e. The van der Waals surface area contributed by atoms with Gasteiger partial charge in [0.05, 0.1) is 7.11 Å². The minimum atomic E-state index is 0.361. The molecule has 1 aromatic rings. The molecule has 0 aliphatic rings. The molecule has 0 amide bonds. The number of hydrogen-bond acceptors (Lipinski definition) is 2. The fourth-order valence-corrected chi connectivity index (χ4v) is 2.14. The van der Waals surface area contributed by atoms with E-state index < -0.39 is 0 Å². The number of unbranched alkanes of at least 4 members (excludes halogenated alkanes) is 2. The first kappa shape index (κ1) is 15.0. The number of hydrogen-bond donors (Lipinski definition) is 0. The second-order valence-electron chi connectivity index (χ2n) is 4.45. The van der Waals surface area contributed by atoms with Gasteiger partial charge in [0.25, 0.3) is 0 Å². The first-order valence-electron chi connectivity index (χ1n) is 6.51. The van der Waals surface area contributed by atoms with Crippen LogP contribution in [0.2, 0.25) is 5.02 Å². The highest BCUT2D eigenvalue weighted by molar-refractivity contribution is 6.30. The number of ketones is 1. The van der Waals surface area contributed by atoms with E-state index in [2.05, 4.69) is 0 Å². The number of carbonyl (C=O) groups is 1. The summed E-state index contributed by atoms with van der Waals surface area (Å²) in [6, 6.07) is 5.80. The van der Waals surface area contributed by atoms with E-state index in [1.807, 2.05) is 25.1 Å². The van der Waals surface area contributed by atoms with Gasteiger partial charge in [-0.2, -0.15) is 0 Å². The predicted octanol–water partition coefficient (Wildman–Crippen LogP) is 4.43. The van der Waals surface area contributed by atoms with Crippen LogP contribution in [-0.2, 0) is 11.2 Å². The minimum Gasteiger partial charge on any atom is -0.497 e. The van der Waals surface area contributed by atoms with E-state index in [9.17, 15) is 4.79 Å². The van der Waals surface area contributed by atoms with Crippen molar-refractivity contribution in [2.75, 3.05) is 7.11 Å². The van der Waals surface area contributed by atoms with Crippen LogP contribution in [0.3, 0.4) is 0 Å². The van der Waals surface area contributed by atoms with Gasteiger partial charge in [0.1, 0.15) is 11.5 Å². The third-order valence-corrected chi connectivity index (χ3v) is 3.20. The molecule has 0 heterocycles. The zero-order chi connectivity index (χ0) is 13.4. The van der Waals surface area contributed by atoms with Crippen molar-refractivity contribution >= 4 is 17.4 Å². The quantitative estimate of drug-likeness (QED) is 0.652. The van der Waals surface area contributed by atoms with Gasteiger partial charge in [0, 0.05) is 17.9 Å². The van der Waals surface area contributed by atoms with Gasteiger partial charge in [-0.1, -0.05) is 24.9 Å². The number of ether oxygens (including phenoxy) is 1. The number of Topliss-reactive ketones (excluding diaryl/α,β-unsaturated/α-hetero) is 1. The molecule has 0 spiro atoms. The van der Waals surface area contributed by atoms with Crippen LogP contribution in [0.25, 0.3) is 0 Å². The van der Waals surface area contributed by atoms with Gasteiger partial charge >= 0.3 is 0 Å². The Hall–Kier alpha value is -1.02. The molecule has 0 radical (unpaired) electrons. The first-order chi connectivity index (χ1) is 8.65. The van der Waals surface area contributed by atoms with Gasteiger partial charge in [-0.15, -0.1) is 0 Å². The number of rotatable bonds is 8. The van der Waals surface area contributed by atoms with Crippen molar-refractivity contribution in [3.8, 4) is 5.75 Å². The van der Waals surface area contributed by atoms with Crippen LogP contribution < -0.4 is 4.74 Å². The van der Waals surface area contributed by atoms with Gasteiger partial charge in [0.2, 0.25) is 0 Å². The fourth-order valence-electron chi connectivity index (χ4n) is 1.89. The van der Waals surface area contributed by atoms with Gasteiger partial charge in [-0.3, -0.25) is 4.79 Å². The third-order valence-electron chi connectivity index (χ3n) is 2.98. The van der Waals surface area contributed by atoms with E-state index in [1.165, 1.54) is 5.56 Å². The van der Waals surface area contributed by atoms with Crippen LogP contribution in [0, 0.1) is 0 Å². The Labute approximate surface area is 114 Å². The lowest BCUT2D eigenvalue weighted by Gasteiger charge is -2.06. The van der Waals surface area contributed by atoms with E-state index >= 15 is 0 Å². The molecule has 0 bridgehead atoms. The summed E-state index contributed by atoms with van der Waals surface area (Å²) >= 11 is 6.00. The van der Waals surface area contributed by atoms with E-state index in [-0.39, 0.29) is 0 Å². The highest BCUT2D eigenvalue weighted by atomic mass is 35.5. The Kier molecular flexibility index (Phi) is 6.81. The molecule has 1 aromatic carbocycles. The second-order valence-corrected chi connectivity index (χ2v) is 4.89. The van der Waals surface area contributed by atoms with Gasteiger partial charge in [-0.25, -0.2) is 0 Å². The molecule has 0 aromatic heterocycles. The van der Waals surface area contributed by atoms with Gasteiger partial charge < -0.3 is 4.74 Å². The molecule has 0 atom stereocenters. The van der Waals surface area contributed by atoms with Crippen molar-refractivity contribution < 1.29 is 9.53 Å². The molecule has 2 nitrogen and oxygen atoms in total. The standard InChI is InChI=1S/C15H21ClO2/c1-3-14(17)8-6-4-5-7-12-9-13(16)11-15(10-12)18-2/h9-11H,3-8H2,1-2H3. The molecule has 0 saturated carbocycles. The number of benzene rings is 1. The third kappa shape index (κ3) is 5.54.